The molecule has 6 nitrogen and oxygen atoms in total. The molecule has 0 aliphatic carbocycles. The third kappa shape index (κ3) is 5.23. The SMILES string of the molecule is COC(=O)CCN(C)S(=O)(=O)N1CCCC(C(C)C)CC1. The first-order chi connectivity index (χ1) is 9.78. The lowest BCUT2D eigenvalue weighted by Gasteiger charge is -2.26. The Morgan fingerprint density at radius 2 is 2.00 bits per heavy atom. The van der Waals surface area contributed by atoms with Gasteiger partial charge in [-0.1, -0.05) is 13.8 Å². The summed E-state index contributed by atoms with van der Waals surface area (Å²) in [6.07, 6.45) is 2.96. The van der Waals surface area contributed by atoms with Crippen LogP contribution in [0.3, 0.4) is 0 Å². The Hall–Kier alpha value is -0.660. The summed E-state index contributed by atoms with van der Waals surface area (Å²) in [7, 11) is -0.659. The highest BCUT2D eigenvalue weighted by molar-refractivity contribution is 7.86. The van der Waals surface area contributed by atoms with Crippen molar-refractivity contribution in [3.05, 3.63) is 0 Å². The van der Waals surface area contributed by atoms with Crippen molar-refractivity contribution in [2.45, 2.75) is 39.5 Å². The highest BCUT2D eigenvalue weighted by atomic mass is 32.2. The number of carbonyl (C=O) groups excluding carboxylic acids is 1. The molecule has 1 aliphatic rings. The molecule has 0 spiro atoms. The van der Waals surface area contributed by atoms with Gasteiger partial charge in [-0.3, -0.25) is 4.79 Å². The lowest BCUT2D eigenvalue weighted by molar-refractivity contribution is -0.140. The van der Waals surface area contributed by atoms with Crippen LogP contribution in [0.2, 0.25) is 0 Å². The highest BCUT2D eigenvalue weighted by Gasteiger charge is 2.30. The van der Waals surface area contributed by atoms with E-state index in [0.717, 1.165) is 19.3 Å². The Labute approximate surface area is 128 Å². The molecule has 7 heteroatoms. The van der Waals surface area contributed by atoms with Gasteiger partial charge >= 0.3 is 5.97 Å². The zero-order chi connectivity index (χ0) is 16.0. The fraction of sp³-hybridized carbons (Fsp3) is 0.929. The lowest BCUT2D eigenvalue weighted by atomic mass is 9.89. The molecule has 1 atom stereocenters. The zero-order valence-electron chi connectivity index (χ0n) is 13.5. The van der Waals surface area contributed by atoms with Crippen LogP contribution in [0.25, 0.3) is 0 Å². The van der Waals surface area contributed by atoms with Gasteiger partial charge < -0.3 is 4.74 Å². The van der Waals surface area contributed by atoms with Crippen LogP contribution in [0, 0.1) is 11.8 Å². The van der Waals surface area contributed by atoms with Gasteiger partial charge in [0.25, 0.3) is 10.2 Å². The summed E-state index contributed by atoms with van der Waals surface area (Å²) in [6.45, 7) is 5.66. The topological polar surface area (TPSA) is 66.9 Å². The number of rotatable bonds is 6. The summed E-state index contributed by atoms with van der Waals surface area (Å²) in [4.78, 5) is 11.1. The van der Waals surface area contributed by atoms with Crippen LogP contribution in [0.4, 0.5) is 0 Å². The molecule has 1 unspecified atom stereocenters. The standard InChI is InChI=1S/C14H28N2O4S/c1-12(2)13-6-5-9-16(11-7-13)21(18,19)15(3)10-8-14(17)20-4/h12-13H,5-11H2,1-4H3. The first kappa shape index (κ1) is 18.4. The summed E-state index contributed by atoms with van der Waals surface area (Å²) < 4.78 is 32.4. The van der Waals surface area contributed by atoms with Crippen molar-refractivity contribution in [3.8, 4) is 0 Å². The van der Waals surface area contributed by atoms with E-state index in [2.05, 4.69) is 18.6 Å². The van der Waals surface area contributed by atoms with Crippen LogP contribution >= 0.6 is 0 Å². The van der Waals surface area contributed by atoms with E-state index in [-0.39, 0.29) is 13.0 Å². The molecule has 0 N–H and O–H groups in total. The summed E-state index contributed by atoms with van der Waals surface area (Å²) >= 11 is 0. The van der Waals surface area contributed by atoms with Crippen LogP contribution in [-0.2, 0) is 19.7 Å². The van der Waals surface area contributed by atoms with Crippen molar-refractivity contribution in [1.29, 1.82) is 0 Å². The Balaban J connectivity index is 2.62. The number of esters is 1. The number of ether oxygens (including phenoxy) is 1. The summed E-state index contributed by atoms with van der Waals surface area (Å²) in [5, 5.41) is 0. The van der Waals surface area contributed by atoms with Crippen molar-refractivity contribution in [2.24, 2.45) is 11.8 Å². The molecule has 1 fully saturated rings. The van der Waals surface area contributed by atoms with Crippen LogP contribution in [-0.4, -0.2) is 56.8 Å². The highest BCUT2D eigenvalue weighted by Crippen LogP contribution is 2.26. The maximum absolute atomic E-state index is 12.5. The Morgan fingerprint density at radius 3 is 2.57 bits per heavy atom. The van der Waals surface area contributed by atoms with Crippen molar-refractivity contribution in [3.63, 3.8) is 0 Å². The molecule has 1 rings (SSSR count). The molecule has 21 heavy (non-hydrogen) atoms. The molecule has 0 aromatic rings. The van der Waals surface area contributed by atoms with Crippen molar-refractivity contribution in [2.75, 3.05) is 33.8 Å². The van der Waals surface area contributed by atoms with Gasteiger partial charge in [-0.25, -0.2) is 0 Å². The van der Waals surface area contributed by atoms with E-state index >= 15 is 0 Å². The first-order valence-corrected chi connectivity index (χ1v) is 8.97. The Kier molecular flexibility index (Phi) is 7.09. The quantitative estimate of drug-likeness (QED) is 0.695. The van der Waals surface area contributed by atoms with Crippen LogP contribution in [0.5, 0.6) is 0 Å². The molecular weight excluding hydrogens is 292 g/mol. The lowest BCUT2D eigenvalue weighted by Crippen LogP contribution is -2.43. The second-order valence-corrected chi connectivity index (χ2v) is 8.02. The van der Waals surface area contributed by atoms with E-state index in [1.54, 1.807) is 4.31 Å². The minimum atomic E-state index is -3.48. The molecule has 1 heterocycles. The van der Waals surface area contributed by atoms with E-state index in [1.165, 1.54) is 18.5 Å². The average molecular weight is 320 g/mol. The maximum Gasteiger partial charge on any atom is 0.306 e. The predicted molar refractivity (Wildman–Crippen MR) is 81.9 cm³/mol. The van der Waals surface area contributed by atoms with Crippen molar-refractivity contribution < 1.29 is 17.9 Å². The van der Waals surface area contributed by atoms with Gasteiger partial charge in [0.2, 0.25) is 0 Å². The minimum absolute atomic E-state index is 0.0781. The van der Waals surface area contributed by atoms with E-state index in [0.29, 0.717) is 24.9 Å². The van der Waals surface area contributed by atoms with Crippen LogP contribution < -0.4 is 0 Å². The molecule has 1 saturated heterocycles. The minimum Gasteiger partial charge on any atom is -0.469 e. The number of hydrogen-bond donors (Lipinski definition) is 0. The van der Waals surface area contributed by atoms with Gasteiger partial charge in [0.1, 0.15) is 0 Å². The van der Waals surface area contributed by atoms with Crippen LogP contribution in [0.15, 0.2) is 0 Å². The third-order valence-corrected chi connectivity index (χ3v) is 6.24. The number of hydrogen-bond acceptors (Lipinski definition) is 4. The molecule has 124 valence electrons. The first-order valence-electron chi connectivity index (χ1n) is 7.57. The van der Waals surface area contributed by atoms with E-state index in [4.69, 9.17) is 0 Å². The van der Waals surface area contributed by atoms with Crippen LogP contribution in [0.1, 0.15) is 39.5 Å². The van der Waals surface area contributed by atoms with E-state index < -0.39 is 16.2 Å². The molecule has 0 radical (unpaired) electrons. The fourth-order valence-corrected chi connectivity index (χ4v) is 4.07. The number of nitrogens with zero attached hydrogens (tertiary/aromatic N) is 2. The number of carbonyl (C=O) groups is 1. The second-order valence-electron chi connectivity index (χ2n) is 5.99. The molecule has 0 bridgehead atoms. The monoisotopic (exact) mass is 320 g/mol. The Morgan fingerprint density at radius 1 is 1.33 bits per heavy atom. The van der Waals surface area contributed by atoms with Gasteiger partial charge in [0.05, 0.1) is 13.5 Å². The Bertz CT molecular complexity index is 436. The average Bonchev–Trinajstić information content (AvgIpc) is 2.70. The molecule has 0 amide bonds. The van der Waals surface area contributed by atoms with Crippen molar-refractivity contribution >= 4 is 16.2 Å². The van der Waals surface area contributed by atoms with Gasteiger partial charge in [0.15, 0.2) is 0 Å². The molecule has 0 aromatic heterocycles. The smallest absolute Gasteiger partial charge is 0.306 e. The van der Waals surface area contributed by atoms with Gasteiger partial charge in [-0.05, 0) is 31.1 Å². The normalized spacial score (nSPS) is 21.5. The molecule has 1 aliphatic heterocycles. The summed E-state index contributed by atoms with van der Waals surface area (Å²) in [5.41, 5.74) is 0. The van der Waals surface area contributed by atoms with Gasteiger partial charge in [0, 0.05) is 26.7 Å². The fourth-order valence-electron chi connectivity index (χ4n) is 2.66. The van der Waals surface area contributed by atoms with Gasteiger partial charge in [-0.15, -0.1) is 0 Å². The number of methoxy groups -OCH3 is 1. The zero-order valence-corrected chi connectivity index (χ0v) is 14.4. The predicted octanol–water partition coefficient (Wildman–Crippen LogP) is 1.48. The summed E-state index contributed by atoms with van der Waals surface area (Å²) in [5.74, 6) is 0.781. The maximum atomic E-state index is 12.5. The van der Waals surface area contributed by atoms with Gasteiger partial charge in [-0.2, -0.15) is 17.0 Å². The van der Waals surface area contributed by atoms with E-state index in [9.17, 15) is 13.2 Å². The molecule has 0 saturated carbocycles. The third-order valence-electron chi connectivity index (χ3n) is 4.25. The molecule has 0 aromatic carbocycles. The largest absolute Gasteiger partial charge is 0.469 e. The summed E-state index contributed by atoms with van der Waals surface area (Å²) in [6, 6.07) is 0. The second kappa shape index (κ2) is 8.10. The van der Waals surface area contributed by atoms with E-state index in [1.807, 2.05) is 0 Å². The molecular formula is C14H28N2O4S. The van der Waals surface area contributed by atoms with Crippen molar-refractivity contribution in [1.82, 2.24) is 8.61 Å².